The van der Waals surface area contributed by atoms with Crippen LogP contribution in [0.4, 0.5) is 0 Å². The van der Waals surface area contributed by atoms with Crippen LogP contribution in [-0.2, 0) is 9.32 Å². The first kappa shape index (κ1) is 26.2. The molecule has 0 saturated heterocycles. The maximum atomic E-state index is 13.0. The Bertz CT molecular complexity index is 336. The van der Waals surface area contributed by atoms with Crippen LogP contribution in [0, 0.1) is 0 Å². The van der Waals surface area contributed by atoms with E-state index in [2.05, 4.69) is 34.0 Å². The van der Waals surface area contributed by atoms with Crippen LogP contribution < -0.4 is 5.73 Å². The van der Waals surface area contributed by atoms with Gasteiger partial charge in [0, 0.05) is 0 Å². The summed E-state index contributed by atoms with van der Waals surface area (Å²) >= 11 is 1.74. The zero-order valence-corrected chi connectivity index (χ0v) is 19.9. The van der Waals surface area contributed by atoms with Gasteiger partial charge in [-0.2, -0.15) is 0 Å². The molecule has 0 fully saturated rings. The van der Waals surface area contributed by atoms with E-state index in [-0.39, 0.29) is 5.97 Å². The maximum absolute atomic E-state index is 13.0. The van der Waals surface area contributed by atoms with E-state index in [0.717, 1.165) is 36.8 Å². The summed E-state index contributed by atoms with van der Waals surface area (Å²) < 4.78 is 6.65. The van der Waals surface area contributed by atoms with Gasteiger partial charge in [0.25, 0.3) is 0 Å². The summed E-state index contributed by atoms with van der Waals surface area (Å²) in [4.78, 5) is 13.0. The molecular weight excluding hydrogens is 361 g/mol. The third-order valence-corrected chi connectivity index (χ3v) is 12.7. The van der Waals surface area contributed by atoms with Gasteiger partial charge in [0.2, 0.25) is 0 Å². The topological polar surface area (TPSA) is 52.3 Å². The van der Waals surface area contributed by atoms with Crippen molar-refractivity contribution in [2.24, 2.45) is 5.73 Å². The van der Waals surface area contributed by atoms with Crippen LogP contribution in [0.3, 0.4) is 0 Å². The molecule has 2 N–H and O–H groups in total. The van der Waals surface area contributed by atoms with Crippen molar-refractivity contribution >= 4 is 24.6 Å². The second-order valence-corrected chi connectivity index (χ2v) is 14.6. The van der Waals surface area contributed by atoms with Gasteiger partial charge in [0.1, 0.15) is 0 Å². The van der Waals surface area contributed by atoms with Crippen molar-refractivity contribution in [3.05, 3.63) is 0 Å². The Kier molecular flexibility index (Phi) is 14.4. The summed E-state index contributed by atoms with van der Waals surface area (Å²) in [6.07, 6.45) is 16.6. The standard InChI is InChI=1S/C21H46NO2PS/c1-6-10-15-25(16-11-7-2,17-12-8-3,18-13-9-4)24-21(23)20(22)14-19-26-5/h20H,6-19,22H2,1-5H3/t20-/m0/s1. The first-order valence-corrected chi connectivity index (χ1v) is 15.2. The molecule has 0 spiro atoms. The molecule has 0 aromatic carbocycles. The minimum atomic E-state index is -2.53. The molecule has 26 heavy (non-hydrogen) atoms. The van der Waals surface area contributed by atoms with E-state index in [1.165, 1.54) is 51.4 Å². The van der Waals surface area contributed by atoms with Gasteiger partial charge in [0.15, 0.2) is 0 Å². The number of nitrogens with two attached hydrogens (primary N) is 1. The zero-order chi connectivity index (χ0) is 19.9. The van der Waals surface area contributed by atoms with E-state index in [1.807, 2.05) is 0 Å². The van der Waals surface area contributed by atoms with Gasteiger partial charge in [-0.3, -0.25) is 0 Å². The number of hydrogen-bond acceptors (Lipinski definition) is 4. The molecule has 0 rings (SSSR count). The molecule has 5 heteroatoms. The second kappa shape index (κ2) is 14.2. The SMILES string of the molecule is CCCCP(CCCC)(CCCC)(CCCC)OC(=O)[C@@H](N)CCSC. The summed E-state index contributed by atoms with van der Waals surface area (Å²) in [7, 11) is 0. The van der Waals surface area contributed by atoms with Crippen LogP contribution in [0.25, 0.3) is 0 Å². The Labute approximate surface area is 168 Å². The Balaban J connectivity index is 5.71. The molecule has 0 aliphatic rings. The average molecular weight is 408 g/mol. The van der Waals surface area contributed by atoms with Crippen LogP contribution >= 0.6 is 18.6 Å². The van der Waals surface area contributed by atoms with Crippen LogP contribution in [0.1, 0.15) is 85.5 Å². The molecule has 0 amide bonds. The molecule has 0 aliphatic carbocycles. The number of unbranched alkanes of at least 4 members (excludes halogenated alkanes) is 4. The first-order valence-electron chi connectivity index (χ1n) is 10.9. The molecule has 0 aliphatic heterocycles. The second-order valence-electron chi connectivity index (χ2n) is 7.96. The molecule has 0 aromatic heterocycles. The first-order chi connectivity index (χ1) is 12.4. The Morgan fingerprint density at radius 2 is 1.27 bits per heavy atom. The number of hydrogen-bond donors (Lipinski definition) is 1. The van der Waals surface area contributed by atoms with E-state index in [0.29, 0.717) is 0 Å². The fourth-order valence-electron chi connectivity index (χ4n) is 3.77. The quantitative estimate of drug-likeness (QED) is 0.288. The minimum absolute atomic E-state index is 0.115. The number of rotatable bonds is 17. The fourth-order valence-corrected chi connectivity index (χ4v) is 11.1. The predicted octanol–water partition coefficient (Wildman–Crippen LogP) is 6.28. The van der Waals surface area contributed by atoms with Crippen molar-refractivity contribution < 1.29 is 9.32 Å². The summed E-state index contributed by atoms with van der Waals surface area (Å²) in [5.74, 6) is 0.802. The van der Waals surface area contributed by atoms with E-state index in [1.54, 1.807) is 11.8 Å². The van der Waals surface area contributed by atoms with Gasteiger partial charge < -0.3 is 0 Å². The average Bonchev–Trinajstić information content (AvgIpc) is 2.66. The fraction of sp³-hybridized carbons (Fsp3) is 0.952. The molecular formula is C21H46NO2PS. The Morgan fingerprint density at radius 1 is 0.885 bits per heavy atom. The number of carbonyl (C=O) groups excluding carboxylic acids is 1. The Hall–Kier alpha value is 0.210. The van der Waals surface area contributed by atoms with Crippen molar-refractivity contribution in [1.29, 1.82) is 0 Å². The predicted molar refractivity (Wildman–Crippen MR) is 123 cm³/mol. The monoisotopic (exact) mass is 407 g/mol. The van der Waals surface area contributed by atoms with Crippen molar-refractivity contribution in [2.75, 3.05) is 36.7 Å². The summed E-state index contributed by atoms with van der Waals surface area (Å²) in [6.45, 7) is 6.46. The van der Waals surface area contributed by atoms with Gasteiger partial charge in [-0.1, -0.05) is 0 Å². The molecule has 0 radical (unpaired) electrons. The van der Waals surface area contributed by atoms with Crippen molar-refractivity contribution in [3.8, 4) is 0 Å². The van der Waals surface area contributed by atoms with E-state index in [9.17, 15) is 4.79 Å². The van der Waals surface area contributed by atoms with Crippen LogP contribution in [0.15, 0.2) is 0 Å². The summed E-state index contributed by atoms with van der Waals surface area (Å²) in [6, 6.07) is -0.463. The molecule has 0 unspecified atom stereocenters. The van der Waals surface area contributed by atoms with Crippen molar-refractivity contribution in [2.45, 2.75) is 91.5 Å². The summed E-state index contributed by atoms with van der Waals surface area (Å²) in [5, 5.41) is 0. The van der Waals surface area contributed by atoms with Crippen molar-refractivity contribution in [1.82, 2.24) is 0 Å². The number of carbonyl (C=O) groups is 1. The van der Waals surface area contributed by atoms with Crippen LogP contribution in [0.5, 0.6) is 0 Å². The molecule has 0 aromatic rings. The van der Waals surface area contributed by atoms with Crippen molar-refractivity contribution in [3.63, 3.8) is 0 Å². The van der Waals surface area contributed by atoms with E-state index in [4.69, 9.17) is 10.3 Å². The van der Waals surface area contributed by atoms with Gasteiger partial charge in [-0.05, 0) is 0 Å². The van der Waals surface area contributed by atoms with Gasteiger partial charge in [0.05, 0.1) is 0 Å². The van der Waals surface area contributed by atoms with Crippen LogP contribution in [0.2, 0.25) is 0 Å². The third kappa shape index (κ3) is 8.93. The third-order valence-electron chi connectivity index (χ3n) is 5.59. The van der Waals surface area contributed by atoms with E-state index >= 15 is 0 Å². The molecule has 1 atom stereocenters. The summed E-state index contributed by atoms with van der Waals surface area (Å²) in [5.41, 5.74) is 6.22. The normalized spacial score (nSPS) is 14.6. The number of thioether (sulfide) groups is 1. The molecule has 3 nitrogen and oxygen atoms in total. The zero-order valence-electron chi connectivity index (χ0n) is 18.2. The molecule has 158 valence electrons. The van der Waals surface area contributed by atoms with Gasteiger partial charge in [-0.15, -0.1) is 0 Å². The molecule has 0 heterocycles. The Morgan fingerprint density at radius 3 is 1.58 bits per heavy atom. The van der Waals surface area contributed by atoms with Gasteiger partial charge in [-0.25, -0.2) is 0 Å². The van der Waals surface area contributed by atoms with Gasteiger partial charge >= 0.3 is 168 Å². The molecule has 0 saturated carbocycles. The van der Waals surface area contributed by atoms with Crippen LogP contribution in [-0.4, -0.2) is 48.7 Å². The molecule has 0 bridgehead atoms. The van der Waals surface area contributed by atoms with E-state index < -0.39 is 12.9 Å².